The fraction of sp³-hybridized carbons (Fsp3) is 0.500. The monoisotopic (exact) mass is 230 g/mol. The van der Waals surface area contributed by atoms with Gasteiger partial charge in [0.15, 0.2) is 0 Å². The lowest BCUT2D eigenvalue weighted by Gasteiger charge is -2.31. The van der Waals surface area contributed by atoms with Crippen LogP contribution in [0.2, 0.25) is 0 Å². The van der Waals surface area contributed by atoms with Crippen LogP contribution in [-0.4, -0.2) is 11.2 Å². The summed E-state index contributed by atoms with van der Waals surface area (Å²) in [5.74, 6) is 0.534. The highest BCUT2D eigenvalue weighted by Crippen LogP contribution is 2.33. The van der Waals surface area contributed by atoms with Crippen LogP contribution < -0.4 is 0 Å². The van der Waals surface area contributed by atoms with E-state index in [9.17, 15) is 5.11 Å². The molecule has 0 amide bonds. The SMILES string of the molecule is C=C[C@H](c1ccccc1)[C@@H](O)C1CCCCC1. The third-order valence-corrected chi connectivity index (χ3v) is 3.94. The quantitative estimate of drug-likeness (QED) is 0.778. The molecule has 0 unspecified atom stereocenters. The molecule has 2 rings (SSSR count). The van der Waals surface area contributed by atoms with Gasteiger partial charge in [-0.1, -0.05) is 55.7 Å². The predicted molar refractivity (Wildman–Crippen MR) is 72.0 cm³/mol. The van der Waals surface area contributed by atoms with Crippen molar-refractivity contribution in [3.63, 3.8) is 0 Å². The minimum Gasteiger partial charge on any atom is -0.392 e. The molecule has 1 N–H and O–H groups in total. The summed E-state index contributed by atoms with van der Waals surface area (Å²) in [7, 11) is 0. The molecular weight excluding hydrogens is 208 g/mol. The van der Waals surface area contributed by atoms with Gasteiger partial charge in [0.05, 0.1) is 6.10 Å². The van der Waals surface area contributed by atoms with Gasteiger partial charge in [0, 0.05) is 5.92 Å². The minimum absolute atomic E-state index is 0.0827. The van der Waals surface area contributed by atoms with Crippen molar-refractivity contribution in [2.45, 2.75) is 44.1 Å². The summed E-state index contributed by atoms with van der Waals surface area (Å²) in [5, 5.41) is 10.5. The molecule has 0 heterocycles. The Morgan fingerprint density at radius 1 is 1.12 bits per heavy atom. The fourth-order valence-electron chi connectivity index (χ4n) is 2.92. The van der Waals surface area contributed by atoms with Crippen molar-refractivity contribution < 1.29 is 5.11 Å². The van der Waals surface area contributed by atoms with Crippen LogP contribution in [0.1, 0.15) is 43.6 Å². The maximum Gasteiger partial charge on any atom is 0.0671 e. The Labute approximate surface area is 104 Å². The van der Waals surface area contributed by atoms with Crippen LogP contribution in [0.25, 0.3) is 0 Å². The average molecular weight is 230 g/mol. The van der Waals surface area contributed by atoms with E-state index < -0.39 is 0 Å². The molecule has 0 aliphatic heterocycles. The number of rotatable bonds is 4. The second kappa shape index (κ2) is 6.02. The van der Waals surface area contributed by atoms with E-state index in [1.54, 1.807) is 0 Å². The van der Waals surface area contributed by atoms with E-state index in [1.165, 1.54) is 37.7 Å². The van der Waals surface area contributed by atoms with Crippen molar-refractivity contribution in [1.29, 1.82) is 0 Å². The summed E-state index contributed by atoms with van der Waals surface area (Å²) in [4.78, 5) is 0. The number of aliphatic hydroxyl groups is 1. The lowest BCUT2D eigenvalue weighted by Crippen LogP contribution is -2.28. The van der Waals surface area contributed by atoms with Gasteiger partial charge in [0.25, 0.3) is 0 Å². The first-order chi connectivity index (χ1) is 8.33. The van der Waals surface area contributed by atoms with Crippen molar-refractivity contribution in [1.82, 2.24) is 0 Å². The third kappa shape index (κ3) is 2.98. The number of benzene rings is 1. The van der Waals surface area contributed by atoms with E-state index in [-0.39, 0.29) is 12.0 Å². The average Bonchev–Trinajstić information content (AvgIpc) is 2.42. The molecule has 1 saturated carbocycles. The largest absolute Gasteiger partial charge is 0.392 e. The molecule has 2 atom stereocenters. The number of hydrogen-bond acceptors (Lipinski definition) is 1. The van der Waals surface area contributed by atoms with Crippen LogP contribution in [0.4, 0.5) is 0 Å². The molecule has 0 spiro atoms. The van der Waals surface area contributed by atoms with E-state index in [0.717, 1.165) is 0 Å². The number of aliphatic hydroxyl groups excluding tert-OH is 1. The van der Waals surface area contributed by atoms with Gasteiger partial charge in [0.2, 0.25) is 0 Å². The zero-order chi connectivity index (χ0) is 12.1. The van der Waals surface area contributed by atoms with Gasteiger partial charge in [-0.2, -0.15) is 0 Å². The second-order valence-electron chi connectivity index (χ2n) is 5.06. The van der Waals surface area contributed by atoms with Crippen LogP contribution in [0, 0.1) is 5.92 Å². The van der Waals surface area contributed by atoms with E-state index in [4.69, 9.17) is 0 Å². The van der Waals surface area contributed by atoms with Crippen LogP contribution in [-0.2, 0) is 0 Å². The molecule has 1 heteroatoms. The normalized spacial score (nSPS) is 20.8. The summed E-state index contributed by atoms with van der Waals surface area (Å²) in [6, 6.07) is 10.2. The van der Waals surface area contributed by atoms with Gasteiger partial charge in [0.1, 0.15) is 0 Å². The predicted octanol–water partition coefficient (Wildman–Crippen LogP) is 3.90. The van der Waals surface area contributed by atoms with Crippen LogP contribution in [0.15, 0.2) is 43.0 Å². The molecule has 1 aliphatic rings. The standard InChI is InChI=1S/C16H22O/c1-2-15(13-9-5-3-6-10-13)16(17)14-11-7-4-8-12-14/h2-3,5-6,9-10,14-17H,1,4,7-8,11-12H2/t15-,16+/m1/s1. The molecule has 1 fully saturated rings. The van der Waals surface area contributed by atoms with Crippen molar-refractivity contribution >= 4 is 0 Å². The lowest BCUT2D eigenvalue weighted by atomic mass is 9.78. The van der Waals surface area contributed by atoms with Crippen LogP contribution in [0.5, 0.6) is 0 Å². The summed E-state index contributed by atoms with van der Waals surface area (Å²) in [6.45, 7) is 3.89. The van der Waals surface area contributed by atoms with E-state index in [2.05, 4.69) is 18.7 Å². The first kappa shape index (κ1) is 12.4. The highest BCUT2D eigenvalue weighted by atomic mass is 16.3. The molecule has 0 radical (unpaired) electrons. The van der Waals surface area contributed by atoms with Crippen molar-refractivity contribution in [2.24, 2.45) is 5.92 Å². The van der Waals surface area contributed by atoms with Gasteiger partial charge >= 0.3 is 0 Å². The maximum atomic E-state index is 10.5. The summed E-state index contributed by atoms with van der Waals surface area (Å²) in [6.07, 6.45) is 7.81. The van der Waals surface area contributed by atoms with Crippen molar-refractivity contribution in [3.8, 4) is 0 Å². The van der Waals surface area contributed by atoms with E-state index >= 15 is 0 Å². The van der Waals surface area contributed by atoms with Gasteiger partial charge in [-0.15, -0.1) is 6.58 Å². The molecule has 0 aromatic heterocycles. The lowest BCUT2D eigenvalue weighted by molar-refractivity contribution is 0.0726. The van der Waals surface area contributed by atoms with Crippen molar-refractivity contribution in [2.75, 3.05) is 0 Å². The maximum absolute atomic E-state index is 10.5. The topological polar surface area (TPSA) is 20.2 Å². The van der Waals surface area contributed by atoms with Gasteiger partial charge < -0.3 is 5.11 Å². The third-order valence-electron chi connectivity index (χ3n) is 3.94. The van der Waals surface area contributed by atoms with Crippen molar-refractivity contribution in [3.05, 3.63) is 48.6 Å². The highest BCUT2D eigenvalue weighted by Gasteiger charge is 2.27. The Morgan fingerprint density at radius 2 is 1.76 bits per heavy atom. The molecule has 17 heavy (non-hydrogen) atoms. The smallest absolute Gasteiger partial charge is 0.0671 e. The zero-order valence-corrected chi connectivity index (χ0v) is 10.4. The minimum atomic E-state index is -0.268. The zero-order valence-electron chi connectivity index (χ0n) is 10.4. The molecule has 1 aromatic carbocycles. The Morgan fingerprint density at radius 3 is 2.35 bits per heavy atom. The Kier molecular flexibility index (Phi) is 4.38. The Balaban J connectivity index is 2.09. The Bertz CT molecular complexity index is 338. The first-order valence-electron chi connectivity index (χ1n) is 6.68. The molecule has 1 nitrogen and oxygen atoms in total. The molecular formula is C16H22O. The summed E-state index contributed by atoms with van der Waals surface area (Å²) >= 11 is 0. The van der Waals surface area contributed by atoms with E-state index in [1.807, 2.05) is 24.3 Å². The molecule has 0 bridgehead atoms. The van der Waals surface area contributed by atoms with Gasteiger partial charge in [-0.3, -0.25) is 0 Å². The summed E-state index contributed by atoms with van der Waals surface area (Å²) < 4.78 is 0. The fourth-order valence-corrected chi connectivity index (χ4v) is 2.92. The highest BCUT2D eigenvalue weighted by molar-refractivity contribution is 5.24. The number of hydrogen-bond donors (Lipinski definition) is 1. The molecule has 1 aromatic rings. The van der Waals surface area contributed by atoms with Crippen LogP contribution in [0.3, 0.4) is 0 Å². The summed E-state index contributed by atoms with van der Waals surface area (Å²) in [5.41, 5.74) is 1.18. The second-order valence-corrected chi connectivity index (χ2v) is 5.06. The first-order valence-corrected chi connectivity index (χ1v) is 6.68. The Hall–Kier alpha value is -1.08. The molecule has 0 saturated heterocycles. The van der Waals surface area contributed by atoms with Gasteiger partial charge in [-0.05, 0) is 24.3 Å². The molecule has 92 valence electrons. The van der Waals surface area contributed by atoms with E-state index in [0.29, 0.717) is 5.92 Å². The van der Waals surface area contributed by atoms with Crippen LogP contribution >= 0.6 is 0 Å². The molecule has 1 aliphatic carbocycles. The van der Waals surface area contributed by atoms with Gasteiger partial charge in [-0.25, -0.2) is 0 Å².